The molecule has 0 bridgehead atoms. The van der Waals surface area contributed by atoms with Crippen LogP contribution in [0.4, 0.5) is 22.7 Å². The number of anilines is 4. The highest BCUT2D eigenvalue weighted by molar-refractivity contribution is 7.90. The smallest absolute Gasteiger partial charge is 0.350 e. The SMILES string of the molecule is CCOC(=O)c1sc(Nc2nc(NCc3ccc(S(C)(=O)=O)cc3)cc(N3CCC(CO)CC3)n2)nc1C. The van der Waals surface area contributed by atoms with Crippen molar-refractivity contribution in [2.24, 2.45) is 5.92 Å². The van der Waals surface area contributed by atoms with E-state index in [9.17, 15) is 18.3 Å². The van der Waals surface area contributed by atoms with Crippen LogP contribution in [-0.2, 0) is 21.1 Å². The maximum atomic E-state index is 12.2. The Bertz CT molecular complexity index is 1370. The molecular formula is C25H32N6O5S2. The molecule has 1 aliphatic rings. The monoisotopic (exact) mass is 560 g/mol. The summed E-state index contributed by atoms with van der Waals surface area (Å²) in [6.45, 7) is 5.92. The van der Waals surface area contributed by atoms with Gasteiger partial charge in [0.25, 0.3) is 0 Å². The predicted octanol–water partition coefficient (Wildman–Crippen LogP) is 3.39. The number of aliphatic hydroxyl groups excluding tert-OH is 1. The zero-order valence-corrected chi connectivity index (χ0v) is 23.2. The third-order valence-electron chi connectivity index (χ3n) is 6.21. The molecule has 3 heterocycles. The first-order valence-electron chi connectivity index (χ1n) is 12.4. The van der Waals surface area contributed by atoms with Gasteiger partial charge in [-0.1, -0.05) is 23.5 Å². The van der Waals surface area contributed by atoms with Gasteiger partial charge < -0.3 is 20.1 Å². The summed E-state index contributed by atoms with van der Waals surface area (Å²) in [6, 6.07) is 8.57. The van der Waals surface area contributed by atoms with E-state index >= 15 is 0 Å². The first-order chi connectivity index (χ1) is 18.2. The summed E-state index contributed by atoms with van der Waals surface area (Å²) >= 11 is 1.18. The fraction of sp³-hybridized carbons (Fsp3) is 0.440. The Morgan fingerprint density at radius 1 is 1.18 bits per heavy atom. The molecule has 4 rings (SSSR count). The van der Waals surface area contributed by atoms with Gasteiger partial charge in [0.15, 0.2) is 15.0 Å². The van der Waals surface area contributed by atoms with Crippen LogP contribution in [0.15, 0.2) is 35.2 Å². The Morgan fingerprint density at radius 3 is 2.53 bits per heavy atom. The molecule has 0 spiro atoms. The molecule has 0 radical (unpaired) electrons. The van der Waals surface area contributed by atoms with Gasteiger partial charge in [0.05, 0.1) is 17.2 Å². The lowest BCUT2D eigenvalue weighted by Gasteiger charge is -2.32. The van der Waals surface area contributed by atoms with Crippen molar-refractivity contribution < 1.29 is 23.1 Å². The Kier molecular flexibility index (Phi) is 8.80. The Morgan fingerprint density at radius 2 is 1.89 bits per heavy atom. The van der Waals surface area contributed by atoms with Gasteiger partial charge in [-0.25, -0.2) is 18.2 Å². The van der Waals surface area contributed by atoms with Crippen molar-refractivity contribution in [2.75, 3.05) is 48.1 Å². The third kappa shape index (κ3) is 6.97. The molecule has 0 aliphatic carbocycles. The number of aromatic nitrogens is 3. The van der Waals surface area contributed by atoms with Crippen LogP contribution < -0.4 is 15.5 Å². The second-order valence-corrected chi connectivity index (χ2v) is 12.1. The van der Waals surface area contributed by atoms with Gasteiger partial charge in [-0.2, -0.15) is 9.97 Å². The summed E-state index contributed by atoms with van der Waals surface area (Å²) in [7, 11) is -3.26. The van der Waals surface area contributed by atoms with Gasteiger partial charge >= 0.3 is 5.97 Å². The highest BCUT2D eigenvalue weighted by atomic mass is 32.2. The lowest BCUT2D eigenvalue weighted by atomic mass is 9.98. The molecule has 0 saturated carbocycles. The first-order valence-corrected chi connectivity index (χ1v) is 15.1. The Balaban J connectivity index is 1.56. The highest BCUT2D eigenvalue weighted by Gasteiger charge is 2.22. The number of thiazole rings is 1. The number of aliphatic hydroxyl groups is 1. The van der Waals surface area contributed by atoms with Gasteiger partial charge in [-0.05, 0) is 50.3 Å². The molecule has 1 fully saturated rings. The summed E-state index contributed by atoms with van der Waals surface area (Å²) in [5, 5.41) is 16.4. The average Bonchev–Trinajstić information content (AvgIpc) is 3.27. The van der Waals surface area contributed by atoms with Gasteiger partial charge in [0.1, 0.15) is 16.5 Å². The summed E-state index contributed by atoms with van der Waals surface area (Å²) < 4.78 is 28.6. The molecule has 0 amide bonds. The lowest BCUT2D eigenvalue weighted by molar-refractivity contribution is 0.0531. The maximum absolute atomic E-state index is 12.2. The number of nitrogens with one attached hydrogen (secondary N) is 2. The van der Waals surface area contributed by atoms with Gasteiger partial charge in [-0.15, -0.1) is 0 Å². The molecule has 0 unspecified atom stereocenters. The van der Waals surface area contributed by atoms with E-state index < -0.39 is 15.8 Å². The van der Waals surface area contributed by atoms with Gasteiger partial charge in [0.2, 0.25) is 5.95 Å². The van der Waals surface area contributed by atoms with Gasteiger partial charge in [0, 0.05) is 38.6 Å². The quantitative estimate of drug-likeness (QED) is 0.314. The first kappa shape index (κ1) is 27.7. The van der Waals surface area contributed by atoms with Crippen molar-refractivity contribution in [1.82, 2.24) is 15.0 Å². The van der Waals surface area contributed by atoms with E-state index in [-0.39, 0.29) is 24.0 Å². The molecule has 1 aromatic carbocycles. The van der Waals surface area contributed by atoms with Crippen LogP contribution in [0.25, 0.3) is 0 Å². The zero-order chi connectivity index (χ0) is 27.3. The van der Waals surface area contributed by atoms with E-state index in [4.69, 9.17) is 9.72 Å². The van der Waals surface area contributed by atoms with Crippen LogP contribution in [0.1, 0.15) is 40.7 Å². The molecule has 3 N–H and O–H groups in total. The second-order valence-electron chi connectivity index (χ2n) is 9.10. The molecular weight excluding hydrogens is 528 g/mol. The molecule has 1 aliphatic heterocycles. The number of benzene rings is 1. The Hall–Kier alpha value is -3.29. The summed E-state index contributed by atoms with van der Waals surface area (Å²) in [6.07, 6.45) is 2.92. The molecule has 3 aromatic rings. The van der Waals surface area contributed by atoms with E-state index in [0.29, 0.717) is 34.0 Å². The van der Waals surface area contributed by atoms with E-state index in [0.717, 1.165) is 37.3 Å². The van der Waals surface area contributed by atoms with Crippen molar-refractivity contribution >= 4 is 49.9 Å². The van der Waals surface area contributed by atoms with Crippen molar-refractivity contribution in [3.63, 3.8) is 0 Å². The summed E-state index contributed by atoms with van der Waals surface area (Å²) in [5.74, 6) is 1.51. The van der Waals surface area contributed by atoms with Crippen molar-refractivity contribution in [2.45, 2.75) is 38.1 Å². The highest BCUT2D eigenvalue weighted by Crippen LogP contribution is 2.29. The van der Waals surface area contributed by atoms with E-state index in [1.165, 1.54) is 17.6 Å². The van der Waals surface area contributed by atoms with Crippen molar-refractivity contribution in [1.29, 1.82) is 0 Å². The molecule has 13 heteroatoms. The summed E-state index contributed by atoms with van der Waals surface area (Å²) in [5.41, 5.74) is 1.46. The number of carbonyl (C=O) groups excluding carboxylic acids is 1. The number of nitrogens with zero attached hydrogens (tertiary/aromatic N) is 4. The minimum Gasteiger partial charge on any atom is -0.462 e. The van der Waals surface area contributed by atoms with Crippen LogP contribution >= 0.6 is 11.3 Å². The lowest BCUT2D eigenvalue weighted by Crippen LogP contribution is -2.35. The number of hydrogen-bond acceptors (Lipinski definition) is 12. The number of ether oxygens (including phenoxy) is 1. The second kappa shape index (κ2) is 12.0. The van der Waals surface area contributed by atoms with Crippen LogP contribution in [0.5, 0.6) is 0 Å². The number of carbonyl (C=O) groups is 1. The van der Waals surface area contributed by atoms with Crippen LogP contribution in [0, 0.1) is 12.8 Å². The number of aryl methyl sites for hydroxylation is 1. The number of esters is 1. The molecule has 204 valence electrons. The fourth-order valence-electron chi connectivity index (χ4n) is 4.07. The number of piperidine rings is 1. The molecule has 0 atom stereocenters. The fourth-order valence-corrected chi connectivity index (χ4v) is 5.55. The number of hydrogen-bond donors (Lipinski definition) is 3. The maximum Gasteiger partial charge on any atom is 0.350 e. The summed E-state index contributed by atoms with van der Waals surface area (Å²) in [4.78, 5) is 28.8. The molecule has 38 heavy (non-hydrogen) atoms. The third-order valence-corrected chi connectivity index (χ3v) is 8.39. The number of sulfone groups is 1. The van der Waals surface area contributed by atoms with Gasteiger partial charge in [-0.3, -0.25) is 5.32 Å². The zero-order valence-electron chi connectivity index (χ0n) is 21.6. The normalized spacial score (nSPS) is 14.4. The topological polar surface area (TPSA) is 147 Å². The number of rotatable bonds is 10. The average molecular weight is 561 g/mol. The predicted molar refractivity (Wildman–Crippen MR) is 147 cm³/mol. The van der Waals surface area contributed by atoms with Crippen LogP contribution in [-0.4, -0.2) is 67.0 Å². The van der Waals surface area contributed by atoms with Crippen molar-refractivity contribution in [3.05, 3.63) is 46.5 Å². The minimum absolute atomic E-state index is 0.182. The molecule has 11 nitrogen and oxygen atoms in total. The van der Waals surface area contributed by atoms with E-state index in [1.54, 1.807) is 38.1 Å². The minimum atomic E-state index is -3.26. The van der Waals surface area contributed by atoms with Crippen LogP contribution in [0.2, 0.25) is 0 Å². The Labute approximate surface area is 226 Å². The standard InChI is InChI=1S/C25H32N6O5S2/c1-4-36-23(33)22-16(2)27-25(37-22)30-24-28-20(13-21(29-24)31-11-9-18(15-32)10-12-31)26-14-17-5-7-19(8-6-17)38(3,34)35/h5-8,13,18,32H,4,9-12,14-15H2,1-3H3,(H2,26,27,28,29,30). The van der Waals surface area contributed by atoms with E-state index in [2.05, 4.69) is 25.5 Å². The van der Waals surface area contributed by atoms with Crippen molar-refractivity contribution in [3.8, 4) is 0 Å². The molecule has 2 aromatic heterocycles. The van der Waals surface area contributed by atoms with Crippen LogP contribution in [0.3, 0.4) is 0 Å². The molecule has 1 saturated heterocycles. The largest absolute Gasteiger partial charge is 0.462 e. The van der Waals surface area contributed by atoms with E-state index in [1.807, 2.05) is 6.07 Å².